The van der Waals surface area contributed by atoms with Crippen LogP contribution in [0.15, 0.2) is 24.3 Å². The molecule has 0 radical (unpaired) electrons. The molecule has 0 saturated heterocycles. The summed E-state index contributed by atoms with van der Waals surface area (Å²) in [5.74, 6) is 0.416. The number of esters is 1. The number of methoxy groups -OCH3 is 1. The highest BCUT2D eigenvalue weighted by Crippen LogP contribution is 2.29. The summed E-state index contributed by atoms with van der Waals surface area (Å²) in [7, 11) is 1.56. The van der Waals surface area contributed by atoms with Crippen LogP contribution in [0, 0.1) is 0 Å². The number of nitrogens with one attached hydrogen (secondary N) is 1. The lowest BCUT2D eigenvalue weighted by Crippen LogP contribution is -2.35. The Bertz CT molecular complexity index is 648. The van der Waals surface area contributed by atoms with E-state index in [4.69, 9.17) is 14.2 Å². The minimum absolute atomic E-state index is 0.0376. The van der Waals surface area contributed by atoms with Crippen molar-refractivity contribution in [3.8, 4) is 11.5 Å². The fourth-order valence-corrected chi connectivity index (χ4v) is 2.83. The van der Waals surface area contributed by atoms with Crippen LogP contribution in [0.5, 0.6) is 11.5 Å². The number of rotatable bonds is 8. The second-order valence-corrected chi connectivity index (χ2v) is 6.57. The first kappa shape index (κ1) is 19.8. The number of amides is 1. The van der Waals surface area contributed by atoms with E-state index in [0.717, 1.165) is 31.2 Å². The first-order chi connectivity index (χ1) is 12.5. The zero-order valence-electron chi connectivity index (χ0n) is 15.6. The molecule has 0 unspecified atom stereocenters. The van der Waals surface area contributed by atoms with E-state index in [-0.39, 0.29) is 24.7 Å². The maximum Gasteiger partial charge on any atom is 0.331 e. The molecule has 6 nitrogen and oxygen atoms in total. The van der Waals surface area contributed by atoms with E-state index in [1.165, 1.54) is 6.08 Å². The van der Waals surface area contributed by atoms with Crippen LogP contribution in [0.2, 0.25) is 0 Å². The molecule has 1 amide bonds. The Balaban J connectivity index is 1.83. The molecule has 1 aromatic rings. The molecule has 6 heteroatoms. The van der Waals surface area contributed by atoms with Crippen LogP contribution in [-0.4, -0.2) is 37.7 Å². The summed E-state index contributed by atoms with van der Waals surface area (Å²) in [5.41, 5.74) is 0.769. The van der Waals surface area contributed by atoms with Crippen molar-refractivity contribution in [2.75, 3.05) is 13.7 Å². The zero-order chi connectivity index (χ0) is 18.9. The highest BCUT2D eigenvalue weighted by molar-refractivity contribution is 5.89. The standard InChI is InChI=1S/C20H27NO5/c1-14(2)26-17-10-8-15(12-18(17)24-3)9-11-20(23)25-13-19(22)21-16-6-4-5-7-16/h8-12,14,16H,4-7,13H2,1-3H3,(H,21,22)/b11-9+. The zero-order valence-corrected chi connectivity index (χ0v) is 15.6. The van der Waals surface area contributed by atoms with Crippen molar-refractivity contribution in [3.63, 3.8) is 0 Å². The normalized spacial score (nSPS) is 14.6. The van der Waals surface area contributed by atoms with Gasteiger partial charge in [0.1, 0.15) is 0 Å². The Hall–Kier alpha value is -2.50. The molecule has 0 atom stereocenters. The molecule has 0 aromatic heterocycles. The molecule has 0 bridgehead atoms. The van der Waals surface area contributed by atoms with Crippen molar-refractivity contribution in [1.29, 1.82) is 0 Å². The molecule has 2 rings (SSSR count). The quantitative estimate of drug-likeness (QED) is 0.569. The summed E-state index contributed by atoms with van der Waals surface area (Å²) >= 11 is 0. The van der Waals surface area contributed by atoms with Gasteiger partial charge in [0.15, 0.2) is 18.1 Å². The van der Waals surface area contributed by atoms with Crippen LogP contribution in [0.25, 0.3) is 6.08 Å². The average Bonchev–Trinajstić information content (AvgIpc) is 3.11. The molecule has 1 saturated carbocycles. The summed E-state index contributed by atoms with van der Waals surface area (Å²) in [6.07, 6.45) is 7.21. The summed E-state index contributed by atoms with van der Waals surface area (Å²) in [6.45, 7) is 3.61. The maximum absolute atomic E-state index is 11.8. The molecule has 1 N–H and O–H groups in total. The van der Waals surface area contributed by atoms with Gasteiger partial charge in [-0.1, -0.05) is 18.9 Å². The van der Waals surface area contributed by atoms with E-state index in [9.17, 15) is 9.59 Å². The van der Waals surface area contributed by atoms with Gasteiger partial charge in [0, 0.05) is 12.1 Å². The SMILES string of the molecule is COc1cc(/C=C/C(=O)OCC(=O)NC2CCCC2)ccc1OC(C)C. The molecular formula is C20H27NO5. The van der Waals surface area contributed by atoms with Crippen molar-refractivity contribution in [1.82, 2.24) is 5.32 Å². The topological polar surface area (TPSA) is 73.9 Å². The van der Waals surface area contributed by atoms with E-state index in [1.807, 2.05) is 19.9 Å². The molecule has 1 aromatic carbocycles. The lowest BCUT2D eigenvalue weighted by atomic mass is 10.2. The van der Waals surface area contributed by atoms with E-state index < -0.39 is 5.97 Å². The Kier molecular flexibility index (Phi) is 7.51. The van der Waals surface area contributed by atoms with Gasteiger partial charge in [0.2, 0.25) is 0 Å². The Labute approximate surface area is 154 Å². The largest absolute Gasteiger partial charge is 0.493 e. The van der Waals surface area contributed by atoms with Gasteiger partial charge in [-0.3, -0.25) is 4.79 Å². The lowest BCUT2D eigenvalue weighted by molar-refractivity contribution is -0.144. The molecule has 1 aliphatic carbocycles. The van der Waals surface area contributed by atoms with Gasteiger partial charge in [0.05, 0.1) is 13.2 Å². The fraction of sp³-hybridized carbons (Fsp3) is 0.500. The van der Waals surface area contributed by atoms with Crippen molar-refractivity contribution in [3.05, 3.63) is 29.8 Å². The predicted molar refractivity (Wildman–Crippen MR) is 99.1 cm³/mol. The van der Waals surface area contributed by atoms with Gasteiger partial charge in [0.25, 0.3) is 5.91 Å². The van der Waals surface area contributed by atoms with Crippen molar-refractivity contribution in [2.45, 2.75) is 51.7 Å². The second kappa shape index (κ2) is 9.85. The highest BCUT2D eigenvalue weighted by Gasteiger charge is 2.17. The molecule has 26 heavy (non-hydrogen) atoms. The number of ether oxygens (including phenoxy) is 3. The second-order valence-electron chi connectivity index (χ2n) is 6.57. The summed E-state index contributed by atoms with van der Waals surface area (Å²) in [6, 6.07) is 5.60. The van der Waals surface area contributed by atoms with Gasteiger partial charge in [-0.2, -0.15) is 0 Å². The summed E-state index contributed by atoms with van der Waals surface area (Å²) in [4.78, 5) is 23.5. The number of benzene rings is 1. The summed E-state index contributed by atoms with van der Waals surface area (Å²) in [5, 5.41) is 2.87. The first-order valence-corrected chi connectivity index (χ1v) is 8.97. The van der Waals surface area contributed by atoms with Gasteiger partial charge >= 0.3 is 5.97 Å². The number of carbonyl (C=O) groups is 2. The van der Waals surface area contributed by atoms with E-state index in [1.54, 1.807) is 25.3 Å². The number of hydrogen-bond donors (Lipinski definition) is 1. The van der Waals surface area contributed by atoms with Crippen LogP contribution in [0.1, 0.15) is 45.1 Å². The molecule has 0 aliphatic heterocycles. The van der Waals surface area contributed by atoms with Crippen molar-refractivity contribution >= 4 is 18.0 Å². The fourth-order valence-electron chi connectivity index (χ4n) is 2.83. The smallest absolute Gasteiger partial charge is 0.331 e. The van der Waals surface area contributed by atoms with Crippen molar-refractivity contribution in [2.24, 2.45) is 0 Å². The van der Waals surface area contributed by atoms with Crippen LogP contribution in [-0.2, 0) is 14.3 Å². The Morgan fingerprint density at radius 3 is 2.62 bits per heavy atom. The third kappa shape index (κ3) is 6.43. The maximum atomic E-state index is 11.8. The van der Waals surface area contributed by atoms with Crippen LogP contribution in [0.4, 0.5) is 0 Å². The van der Waals surface area contributed by atoms with Crippen molar-refractivity contribution < 1.29 is 23.8 Å². The molecule has 0 heterocycles. The van der Waals surface area contributed by atoms with E-state index in [0.29, 0.717) is 11.5 Å². The Morgan fingerprint density at radius 2 is 1.96 bits per heavy atom. The summed E-state index contributed by atoms with van der Waals surface area (Å²) < 4.78 is 15.9. The van der Waals surface area contributed by atoms with Gasteiger partial charge in [-0.25, -0.2) is 4.79 Å². The van der Waals surface area contributed by atoms with Gasteiger partial charge in [-0.05, 0) is 50.5 Å². The molecular weight excluding hydrogens is 334 g/mol. The minimum Gasteiger partial charge on any atom is -0.493 e. The number of hydrogen-bond acceptors (Lipinski definition) is 5. The monoisotopic (exact) mass is 361 g/mol. The van der Waals surface area contributed by atoms with E-state index in [2.05, 4.69) is 5.32 Å². The van der Waals surface area contributed by atoms with Gasteiger partial charge < -0.3 is 19.5 Å². The lowest BCUT2D eigenvalue weighted by Gasteiger charge is -2.13. The molecule has 0 spiro atoms. The minimum atomic E-state index is -0.562. The molecule has 1 fully saturated rings. The third-order valence-corrected chi connectivity index (χ3v) is 4.03. The highest BCUT2D eigenvalue weighted by atomic mass is 16.5. The third-order valence-electron chi connectivity index (χ3n) is 4.03. The first-order valence-electron chi connectivity index (χ1n) is 8.97. The number of carbonyl (C=O) groups excluding carboxylic acids is 2. The van der Waals surface area contributed by atoms with Crippen LogP contribution < -0.4 is 14.8 Å². The molecule has 1 aliphatic rings. The predicted octanol–water partition coefficient (Wildman–Crippen LogP) is 3.10. The van der Waals surface area contributed by atoms with E-state index >= 15 is 0 Å². The molecule has 142 valence electrons. The van der Waals surface area contributed by atoms with Crippen LogP contribution in [0.3, 0.4) is 0 Å². The Morgan fingerprint density at radius 1 is 1.23 bits per heavy atom. The van der Waals surface area contributed by atoms with Gasteiger partial charge in [-0.15, -0.1) is 0 Å². The average molecular weight is 361 g/mol. The van der Waals surface area contributed by atoms with Crippen LogP contribution >= 0.6 is 0 Å².